The van der Waals surface area contributed by atoms with E-state index in [0.29, 0.717) is 10.3 Å². The fourth-order valence-electron chi connectivity index (χ4n) is 2.32. The number of imidazole rings is 1. The largest absolute Gasteiger partial charge is 0.327 e. The van der Waals surface area contributed by atoms with Crippen LogP contribution in [0.3, 0.4) is 0 Å². The SMILES string of the molecule is Cc1cc(-n2c(=S)[nH]c3c(C)nn(C)c32)ccc1F. The van der Waals surface area contributed by atoms with Crippen molar-refractivity contribution in [1.29, 1.82) is 0 Å². The summed E-state index contributed by atoms with van der Waals surface area (Å²) >= 11 is 5.36. The molecule has 2 aromatic heterocycles. The number of fused-ring (bicyclic) bond motifs is 1. The Morgan fingerprint density at radius 1 is 1.32 bits per heavy atom. The lowest BCUT2D eigenvalue weighted by Crippen LogP contribution is -2.01. The molecule has 3 rings (SSSR count). The van der Waals surface area contributed by atoms with Crippen molar-refractivity contribution in [2.24, 2.45) is 7.05 Å². The lowest BCUT2D eigenvalue weighted by atomic mass is 10.2. The fraction of sp³-hybridized carbons (Fsp3) is 0.231. The van der Waals surface area contributed by atoms with E-state index >= 15 is 0 Å². The summed E-state index contributed by atoms with van der Waals surface area (Å²) in [6.45, 7) is 3.66. The molecule has 0 unspecified atom stereocenters. The fourth-order valence-corrected chi connectivity index (χ4v) is 2.61. The molecular formula is C13H13FN4S. The number of H-pyrrole nitrogens is 1. The van der Waals surface area contributed by atoms with Crippen LogP contribution in [0.5, 0.6) is 0 Å². The number of hydrogen-bond acceptors (Lipinski definition) is 2. The summed E-state index contributed by atoms with van der Waals surface area (Å²) in [6.07, 6.45) is 0. The van der Waals surface area contributed by atoms with Crippen LogP contribution < -0.4 is 0 Å². The first-order chi connectivity index (χ1) is 8.99. The molecule has 0 aliphatic heterocycles. The van der Waals surface area contributed by atoms with Gasteiger partial charge in [0.25, 0.3) is 0 Å². The molecule has 1 N–H and O–H groups in total. The molecule has 19 heavy (non-hydrogen) atoms. The minimum Gasteiger partial charge on any atom is -0.327 e. The van der Waals surface area contributed by atoms with E-state index in [9.17, 15) is 4.39 Å². The van der Waals surface area contributed by atoms with Gasteiger partial charge in [-0.25, -0.2) is 9.07 Å². The van der Waals surface area contributed by atoms with E-state index in [1.807, 2.05) is 18.5 Å². The molecule has 0 bridgehead atoms. The number of nitrogens with zero attached hydrogens (tertiary/aromatic N) is 3. The Kier molecular flexibility index (Phi) is 2.56. The number of halogens is 1. The molecule has 0 amide bonds. The summed E-state index contributed by atoms with van der Waals surface area (Å²) in [5, 5.41) is 4.36. The molecule has 2 heterocycles. The first-order valence-electron chi connectivity index (χ1n) is 5.90. The van der Waals surface area contributed by atoms with Gasteiger partial charge in [-0.3, -0.25) is 4.57 Å². The zero-order chi connectivity index (χ0) is 13.7. The number of rotatable bonds is 1. The number of benzene rings is 1. The van der Waals surface area contributed by atoms with Crippen molar-refractivity contribution in [2.75, 3.05) is 0 Å². The number of nitrogens with one attached hydrogen (secondary N) is 1. The second-order valence-electron chi connectivity index (χ2n) is 4.61. The number of aromatic nitrogens is 4. The maximum absolute atomic E-state index is 13.4. The molecule has 0 saturated carbocycles. The highest BCUT2D eigenvalue weighted by Gasteiger charge is 2.14. The van der Waals surface area contributed by atoms with E-state index in [1.165, 1.54) is 6.07 Å². The highest BCUT2D eigenvalue weighted by Crippen LogP contribution is 2.22. The Hall–Kier alpha value is -1.95. The summed E-state index contributed by atoms with van der Waals surface area (Å²) in [5.41, 5.74) is 4.11. The molecule has 0 aliphatic carbocycles. The highest BCUT2D eigenvalue weighted by molar-refractivity contribution is 7.71. The van der Waals surface area contributed by atoms with Crippen LogP contribution in [-0.2, 0) is 7.05 Å². The predicted octanol–water partition coefficient (Wildman–Crippen LogP) is 3.18. The second kappa shape index (κ2) is 4.03. The van der Waals surface area contributed by atoms with Gasteiger partial charge in [-0.15, -0.1) is 0 Å². The van der Waals surface area contributed by atoms with Crippen molar-refractivity contribution < 1.29 is 4.39 Å². The first kappa shape index (κ1) is 12.1. The predicted molar refractivity (Wildman–Crippen MR) is 74.7 cm³/mol. The summed E-state index contributed by atoms with van der Waals surface area (Å²) < 4.78 is 17.6. The molecule has 4 nitrogen and oxygen atoms in total. The Morgan fingerprint density at radius 3 is 2.74 bits per heavy atom. The second-order valence-corrected chi connectivity index (χ2v) is 4.99. The Labute approximate surface area is 114 Å². The molecule has 0 radical (unpaired) electrons. The van der Waals surface area contributed by atoms with Crippen LogP contribution in [0.1, 0.15) is 11.3 Å². The van der Waals surface area contributed by atoms with Gasteiger partial charge in [-0.2, -0.15) is 5.10 Å². The van der Waals surface area contributed by atoms with Crippen LogP contribution >= 0.6 is 12.2 Å². The van der Waals surface area contributed by atoms with Crippen molar-refractivity contribution in [1.82, 2.24) is 19.3 Å². The van der Waals surface area contributed by atoms with Gasteiger partial charge in [0.15, 0.2) is 10.4 Å². The minimum absolute atomic E-state index is 0.219. The van der Waals surface area contributed by atoms with Crippen molar-refractivity contribution in [3.8, 4) is 5.69 Å². The van der Waals surface area contributed by atoms with Crippen molar-refractivity contribution in [2.45, 2.75) is 13.8 Å². The van der Waals surface area contributed by atoms with Gasteiger partial charge in [-0.1, -0.05) is 0 Å². The van der Waals surface area contributed by atoms with Gasteiger partial charge in [0, 0.05) is 7.05 Å². The topological polar surface area (TPSA) is 38.5 Å². The summed E-state index contributed by atoms with van der Waals surface area (Å²) in [5.74, 6) is -0.219. The third kappa shape index (κ3) is 1.71. The summed E-state index contributed by atoms with van der Waals surface area (Å²) in [7, 11) is 1.87. The van der Waals surface area contributed by atoms with Gasteiger partial charge >= 0.3 is 0 Å². The lowest BCUT2D eigenvalue weighted by molar-refractivity contribution is 0.618. The molecule has 6 heteroatoms. The van der Waals surface area contributed by atoms with Crippen LogP contribution in [0.4, 0.5) is 4.39 Å². The summed E-state index contributed by atoms with van der Waals surface area (Å²) in [6, 6.07) is 4.95. The quantitative estimate of drug-likeness (QED) is 0.693. The highest BCUT2D eigenvalue weighted by atomic mass is 32.1. The zero-order valence-corrected chi connectivity index (χ0v) is 11.7. The number of hydrogen-bond donors (Lipinski definition) is 1. The van der Waals surface area contributed by atoms with Gasteiger partial charge in [0.2, 0.25) is 0 Å². The Morgan fingerprint density at radius 2 is 2.05 bits per heavy atom. The molecule has 0 saturated heterocycles. The van der Waals surface area contributed by atoms with Crippen LogP contribution in [-0.4, -0.2) is 19.3 Å². The lowest BCUT2D eigenvalue weighted by Gasteiger charge is -2.06. The molecular weight excluding hydrogens is 263 g/mol. The molecule has 3 aromatic rings. The molecule has 1 aromatic carbocycles. The zero-order valence-electron chi connectivity index (χ0n) is 10.9. The van der Waals surface area contributed by atoms with E-state index in [2.05, 4.69) is 10.1 Å². The molecule has 0 fully saturated rings. The van der Waals surface area contributed by atoms with E-state index < -0.39 is 0 Å². The Balaban J connectivity index is 2.38. The van der Waals surface area contributed by atoms with E-state index in [0.717, 1.165) is 22.5 Å². The first-order valence-corrected chi connectivity index (χ1v) is 6.30. The van der Waals surface area contributed by atoms with E-state index in [1.54, 1.807) is 23.7 Å². The van der Waals surface area contributed by atoms with Crippen LogP contribution in [0.25, 0.3) is 16.9 Å². The normalized spacial score (nSPS) is 11.4. The maximum atomic E-state index is 13.4. The van der Waals surface area contributed by atoms with Crippen molar-refractivity contribution >= 4 is 23.4 Å². The van der Waals surface area contributed by atoms with Crippen molar-refractivity contribution in [3.05, 3.63) is 40.0 Å². The van der Waals surface area contributed by atoms with Gasteiger partial charge < -0.3 is 4.98 Å². The average molecular weight is 276 g/mol. The van der Waals surface area contributed by atoms with Crippen molar-refractivity contribution in [3.63, 3.8) is 0 Å². The van der Waals surface area contributed by atoms with Gasteiger partial charge in [0.1, 0.15) is 11.3 Å². The minimum atomic E-state index is -0.219. The standard InChI is InChI=1S/C13H13FN4S/c1-7-6-9(4-5-10(7)14)18-12-11(15-13(18)19)8(2)16-17(12)3/h4-6H,1-3H3,(H,15,19). The Bertz CT molecular complexity index is 840. The molecule has 0 aliphatic rings. The van der Waals surface area contributed by atoms with Crippen LogP contribution in [0.2, 0.25) is 0 Å². The monoisotopic (exact) mass is 276 g/mol. The molecule has 98 valence electrons. The van der Waals surface area contributed by atoms with Crippen LogP contribution in [0.15, 0.2) is 18.2 Å². The van der Waals surface area contributed by atoms with Gasteiger partial charge in [-0.05, 0) is 49.8 Å². The van der Waals surface area contributed by atoms with E-state index in [-0.39, 0.29) is 5.82 Å². The number of aryl methyl sites for hydroxylation is 3. The third-order valence-electron chi connectivity index (χ3n) is 3.24. The summed E-state index contributed by atoms with van der Waals surface area (Å²) in [4.78, 5) is 3.15. The number of aromatic amines is 1. The average Bonchev–Trinajstić information content (AvgIpc) is 2.82. The smallest absolute Gasteiger partial charge is 0.184 e. The molecule has 0 spiro atoms. The van der Waals surface area contributed by atoms with Crippen LogP contribution in [0, 0.1) is 24.4 Å². The van der Waals surface area contributed by atoms with E-state index in [4.69, 9.17) is 12.2 Å². The third-order valence-corrected chi connectivity index (χ3v) is 3.52. The maximum Gasteiger partial charge on any atom is 0.184 e. The molecule has 0 atom stereocenters. The van der Waals surface area contributed by atoms with Gasteiger partial charge in [0.05, 0.1) is 11.4 Å².